The summed E-state index contributed by atoms with van der Waals surface area (Å²) < 4.78 is 0. The van der Waals surface area contributed by atoms with Crippen molar-refractivity contribution in [1.82, 2.24) is 10.2 Å². The third-order valence-electron chi connectivity index (χ3n) is 7.21. The molecule has 1 aliphatic carbocycles. The van der Waals surface area contributed by atoms with Gasteiger partial charge in [0, 0.05) is 25.0 Å². The van der Waals surface area contributed by atoms with Crippen molar-refractivity contribution in [3.05, 3.63) is 59.7 Å². The van der Waals surface area contributed by atoms with Gasteiger partial charge in [-0.25, -0.2) is 0 Å². The fourth-order valence-corrected chi connectivity index (χ4v) is 4.99. The number of carbonyl (C=O) groups is 2. The highest BCUT2D eigenvalue weighted by Gasteiger charge is 2.46. The van der Waals surface area contributed by atoms with E-state index in [1.165, 1.54) is 22.3 Å². The minimum atomic E-state index is -0.457. The molecule has 0 aromatic heterocycles. The van der Waals surface area contributed by atoms with E-state index in [0.717, 1.165) is 19.3 Å². The lowest BCUT2D eigenvalue weighted by molar-refractivity contribution is -0.141. The van der Waals surface area contributed by atoms with Crippen molar-refractivity contribution in [2.24, 2.45) is 17.3 Å². The number of likely N-dealkylation sites (tertiary alicyclic amines) is 1. The maximum atomic E-state index is 13.3. The van der Waals surface area contributed by atoms with E-state index in [2.05, 4.69) is 67.7 Å². The Labute approximate surface area is 192 Å². The zero-order valence-electron chi connectivity index (χ0n) is 19.9. The summed E-state index contributed by atoms with van der Waals surface area (Å²) >= 11 is 0. The summed E-state index contributed by atoms with van der Waals surface area (Å²) in [7, 11) is 0. The molecule has 0 bridgehead atoms. The molecule has 2 aromatic carbocycles. The maximum Gasteiger partial charge on any atom is 0.226 e. The number of rotatable bonds is 6. The average molecular weight is 433 g/mol. The van der Waals surface area contributed by atoms with Gasteiger partial charge in [0.05, 0.1) is 5.41 Å². The van der Waals surface area contributed by atoms with Gasteiger partial charge in [0.2, 0.25) is 11.8 Å². The lowest BCUT2D eigenvalue weighted by atomic mass is 9.72. The van der Waals surface area contributed by atoms with Crippen LogP contribution in [0.5, 0.6) is 0 Å². The monoisotopic (exact) mass is 432 g/mol. The van der Waals surface area contributed by atoms with Crippen molar-refractivity contribution in [2.45, 2.75) is 59.4 Å². The molecular formula is C28H36N2O2. The van der Waals surface area contributed by atoms with Crippen molar-refractivity contribution in [3.63, 3.8) is 0 Å². The number of piperidine rings is 1. The Kier molecular flexibility index (Phi) is 6.41. The van der Waals surface area contributed by atoms with Gasteiger partial charge in [-0.2, -0.15) is 0 Å². The Bertz CT molecular complexity index is 971. The molecule has 2 fully saturated rings. The molecule has 1 saturated carbocycles. The Morgan fingerprint density at radius 3 is 2.28 bits per heavy atom. The molecule has 0 spiro atoms. The number of hydrogen-bond donors (Lipinski definition) is 1. The molecule has 4 heteroatoms. The van der Waals surface area contributed by atoms with E-state index in [1.54, 1.807) is 0 Å². The van der Waals surface area contributed by atoms with E-state index in [0.29, 0.717) is 25.4 Å². The Morgan fingerprint density at radius 2 is 1.72 bits per heavy atom. The van der Waals surface area contributed by atoms with Gasteiger partial charge in [0.15, 0.2) is 0 Å². The van der Waals surface area contributed by atoms with E-state index in [4.69, 9.17) is 0 Å². The van der Waals surface area contributed by atoms with Crippen molar-refractivity contribution < 1.29 is 9.59 Å². The van der Waals surface area contributed by atoms with Gasteiger partial charge in [-0.3, -0.25) is 9.59 Å². The number of nitrogens with zero attached hydrogens (tertiary/aromatic N) is 1. The number of carbonyl (C=O) groups excluding carboxylic acids is 2. The van der Waals surface area contributed by atoms with E-state index < -0.39 is 5.41 Å². The third-order valence-corrected chi connectivity index (χ3v) is 7.21. The Morgan fingerprint density at radius 1 is 1.06 bits per heavy atom. The van der Waals surface area contributed by atoms with Crippen molar-refractivity contribution in [3.8, 4) is 11.1 Å². The van der Waals surface area contributed by atoms with Gasteiger partial charge in [-0.05, 0) is 69.1 Å². The topological polar surface area (TPSA) is 49.4 Å². The van der Waals surface area contributed by atoms with Gasteiger partial charge >= 0.3 is 0 Å². The number of nitrogens with one attached hydrogen (secondary N) is 1. The van der Waals surface area contributed by atoms with Gasteiger partial charge < -0.3 is 10.2 Å². The third kappa shape index (κ3) is 4.90. The first-order chi connectivity index (χ1) is 15.3. The molecule has 0 unspecified atom stereocenters. The quantitative estimate of drug-likeness (QED) is 0.699. The summed E-state index contributed by atoms with van der Waals surface area (Å²) in [4.78, 5) is 28.0. The minimum Gasteiger partial charge on any atom is -0.353 e. The molecular weight excluding hydrogens is 396 g/mol. The van der Waals surface area contributed by atoms with Crippen LogP contribution in [0.2, 0.25) is 0 Å². The lowest BCUT2D eigenvalue weighted by Crippen LogP contribution is -2.52. The van der Waals surface area contributed by atoms with E-state index in [1.807, 2.05) is 18.7 Å². The van der Waals surface area contributed by atoms with Crippen LogP contribution in [0.1, 0.15) is 51.2 Å². The highest BCUT2D eigenvalue weighted by atomic mass is 16.2. The van der Waals surface area contributed by atoms with Gasteiger partial charge in [0.25, 0.3) is 0 Å². The predicted molar refractivity (Wildman–Crippen MR) is 129 cm³/mol. The SMILES string of the molecule is Cc1cccc(-c2ccc(CC3(C(=O)NC(C)C)CCN(C(=O)[C@H]4C[C@H]4C)CC3)cc2)c1. The highest BCUT2D eigenvalue weighted by Crippen LogP contribution is 2.42. The molecule has 0 radical (unpaired) electrons. The standard InChI is InChI=1S/C28H36N2O2/c1-19(2)29-27(32)28(12-14-30(15-13-28)26(31)25-17-21(25)4)18-22-8-10-23(11-9-22)24-7-5-6-20(3)16-24/h5-11,16,19,21,25H,12-15,17-18H2,1-4H3,(H,29,32)/t21-,25+/m1/s1. The molecule has 32 heavy (non-hydrogen) atoms. The largest absolute Gasteiger partial charge is 0.353 e. The van der Waals surface area contributed by atoms with Crippen LogP contribution in [-0.2, 0) is 16.0 Å². The molecule has 1 saturated heterocycles. The van der Waals surface area contributed by atoms with E-state index >= 15 is 0 Å². The number of amides is 2. The number of hydrogen-bond acceptors (Lipinski definition) is 2. The van der Waals surface area contributed by atoms with E-state index in [-0.39, 0.29) is 23.8 Å². The summed E-state index contributed by atoms with van der Waals surface area (Å²) in [6, 6.07) is 17.3. The minimum absolute atomic E-state index is 0.107. The van der Waals surface area contributed by atoms with Gasteiger partial charge in [0.1, 0.15) is 0 Å². The van der Waals surface area contributed by atoms with Crippen LogP contribution < -0.4 is 5.32 Å². The molecule has 1 heterocycles. The zero-order valence-corrected chi connectivity index (χ0v) is 19.9. The summed E-state index contributed by atoms with van der Waals surface area (Å²) in [5.41, 5.74) is 4.37. The summed E-state index contributed by atoms with van der Waals surface area (Å²) in [6.07, 6.45) is 3.17. The van der Waals surface area contributed by atoms with Gasteiger partial charge in [-0.1, -0.05) is 61.0 Å². The van der Waals surface area contributed by atoms with Crippen molar-refractivity contribution >= 4 is 11.8 Å². The van der Waals surface area contributed by atoms with E-state index in [9.17, 15) is 9.59 Å². The van der Waals surface area contributed by atoms with Crippen LogP contribution in [0.3, 0.4) is 0 Å². The average Bonchev–Trinajstić information content (AvgIpc) is 3.50. The second-order valence-corrected chi connectivity index (χ2v) is 10.3. The number of benzene rings is 2. The van der Waals surface area contributed by atoms with Crippen LogP contribution in [0.25, 0.3) is 11.1 Å². The predicted octanol–water partition coefficient (Wildman–Crippen LogP) is 4.99. The fraction of sp³-hybridized carbons (Fsp3) is 0.500. The Hall–Kier alpha value is -2.62. The van der Waals surface area contributed by atoms with Crippen LogP contribution in [0.4, 0.5) is 0 Å². The first kappa shape index (κ1) is 22.6. The second-order valence-electron chi connectivity index (χ2n) is 10.3. The lowest BCUT2D eigenvalue weighted by Gasteiger charge is -2.41. The molecule has 2 atom stereocenters. The molecule has 4 nitrogen and oxygen atoms in total. The molecule has 4 rings (SSSR count). The maximum absolute atomic E-state index is 13.3. The fourth-order valence-electron chi connectivity index (χ4n) is 4.99. The molecule has 1 N–H and O–H groups in total. The normalized spacial score (nSPS) is 22.0. The molecule has 2 aromatic rings. The molecule has 170 valence electrons. The summed E-state index contributed by atoms with van der Waals surface area (Å²) in [5, 5.41) is 3.16. The highest BCUT2D eigenvalue weighted by molar-refractivity contribution is 5.85. The molecule has 2 aliphatic rings. The number of aryl methyl sites for hydroxylation is 1. The van der Waals surface area contributed by atoms with Crippen molar-refractivity contribution in [1.29, 1.82) is 0 Å². The van der Waals surface area contributed by atoms with Crippen LogP contribution in [0.15, 0.2) is 48.5 Å². The summed E-state index contributed by atoms with van der Waals surface area (Å²) in [5.74, 6) is 1.14. The van der Waals surface area contributed by atoms with Crippen LogP contribution in [-0.4, -0.2) is 35.8 Å². The zero-order chi connectivity index (χ0) is 22.9. The van der Waals surface area contributed by atoms with Crippen LogP contribution >= 0.6 is 0 Å². The molecule has 2 amide bonds. The second kappa shape index (κ2) is 9.09. The first-order valence-corrected chi connectivity index (χ1v) is 12.0. The van der Waals surface area contributed by atoms with Crippen LogP contribution in [0, 0.1) is 24.2 Å². The van der Waals surface area contributed by atoms with Gasteiger partial charge in [-0.15, -0.1) is 0 Å². The molecule has 1 aliphatic heterocycles. The van der Waals surface area contributed by atoms with Crippen molar-refractivity contribution in [2.75, 3.05) is 13.1 Å². The summed E-state index contributed by atoms with van der Waals surface area (Å²) in [6.45, 7) is 9.62. The first-order valence-electron chi connectivity index (χ1n) is 12.0. The smallest absolute Gasteiger partial charge is 0.226 e. The Balaban J connectivity index is 1.50.